The van der Waals surface area contributed by atoms with Crippen molar-refractivity contribution in [3.05, 3.63) is 65.7 Å². The number of hydrogen-bond acceptors (Lipinski definition) is 1. The van der Waals surface area contributed by atoms with Crippen LogP contribution in [0.5, 0.6) is 0 Å². The molecule has 2 atom stereocenters. The van der Waals surface area contributed by atoms with Crippen LogP contribution in [0.25, 0.3) is 0 Å². The third-order valence-corrected chi connectivity index (χ3v) is 4.09. The highest BCUT2D eigenvalue weighted by molar-refractivity contribution is 5.93. The van der Waals surface area contributed by atoms with Crippen molar-refractivity contribution in [2.45, 2.75) is 32.9 Å². The summed E-state index contributed by atoms with van der Waals surface area (Å²) in [5, 5.41) is 3.00. The number of hydrogen-bond donors (Lipinski definition) is 2. The summed E-state index contributed by atoms with van der Waals surface area (Å²) in [5.41, 5.74) is 3.38. The number of aryl methyl sites for hydroxylation is 1. The molecule has 3 nitrogen and oxygen atoms in total. The Hall–Kier alpha value is -2.13. The zero-order valence-corrected chi connectivity index (χ0v) is 13.6. The quantitative estimate of drug-likeness (QED) is 0.843. The molecule has 3 heteroatoms. The number of benzene rings is 2. The summed E-state index contributed by atoms with van der Waals surface area (Å²) in [4.78, 5) is 13.5. The maximum atomic E-state index is 12.4. The Morgan fingerprint density at radius 3 is 2.27 bits per heavy atom. The Balaban J connectivity index is 1.93. The highest BCUT2D eigenvalue weighted by Crippen LogP contribution is 2.10. The largest absolute Gasteiger partial charge is 0.324 e. The first-order chi connectivity index (χ1) is 10.6. The van der Waals surface area contributed by atoms with Crippen molar-refractivity contribution in [1.29, 1.82) is 0 Å². The van der Waals surface area contributed by atoms with Gasteiger partial charge in [0.15, 0.2) is 6.04 Å². The Labute approximate surface area is 133 Å². The van der Waals surface area contributed by atoms with Crippen LogP contribution in [-0.4, -0.2) is 19.0 Å². The molecule has 2 aromatic rings. The summed E-state index contributed by atoms with van der Waals surface area (Å²) < 4.78 is 0. The molecule has 2 aromatic carbocycles. The van der Waals surface area contributed by atoms with E-state index in [9.17, 15) is 4.79 Å². The molecule has 0 fully saturated rings. The fourth-order valence-corrected chi connectivity index (χ4v) is 2.37. The molecule has 0 bridgehead atoms. The van der Waals surface area contributed by atoms with Gasteiger partial charge in [0.25, 0.3) is 5.91 Å². The lowest BCUT2D eigenvalue weighted by Crippen LogP contribution is -3.12. The molecule has 0 aliphatic rings. The second-order valence-corrected chi connectivity index (χ2v) is 5.77. The van der Waals surface area contributed by atoms with E-state index in [-0.39, 0.29) is 11.9 Å². The van der Waals surface area contributed by atoms with E-state index < -0.39 is 0 Å². The lowest BCUT2D eigenvalue weighted by Gasteiger charge is -2.21. The number of nitrogens with one attached hydrogen (secondary N) is 2. The Morgan fingerprint density at radius 2 is 1.68 bits per heavy atom. The first-order valence-corrected chi connectivity index (χ1v) is 7.86. The fourth-order valence-electron chi connectivity index (χ4n) is 2.37. The maximum absolute atomic E-state index is 12.4. The zero-order valence-electron chi connectivity index (χ0n) is 13.6. The lowest BCUT2D eigenvalue weighted by atomic mass is 10.1. The molecule has 0 aliphatic carbocycles. The standard InChI is InChI=1S/C19H24N2O/c1-4-16-10-12-18(13-11-16)20-19(22)15(2)21(3)14-17-8-6-5-7-9-17/h5-13,15H,4,14H2,1-3H3,(H,20,22)/p+1/t15-/m0/s1. The number of amides is 1. The monoisotopic (exact) mass is 297 g/mol. The Bertz CT molecular complexity index is 593. The van der Waals surface area contributed by atoms with Gasteiger partial charge in [-0.1, -0.05) is 49.4 Å². The van der Waals surface area contributed by atoms with Crippen molar-refractivity contribution >= 4 is 11.6 Å². The van der Waals surface area contributed by atoms with E-state index in [0.717, 1.165) is 18.7 Å². The van der Waals surface area contributed by atoms with E-state index in [2.05, 4.69) is 43.6 Å². The second kappa shape index (κ2) is 7.76. The van der Waals surface area contributed by atoms with Crippen LogP contribution in [0.4, 0.5) is 5.69 Å². The molecule has 0 saturated heterocycles. The third kappa shape index (κ3) is 4.43. The van der Waals surface area contributed by atoms with E-state index in [1.54, 1.807) is 0 Å². The topological polar surface area (TPSA) is 33.5 Å². The fraction of sp³-hybridized carbons (Fsp3) is 0.316. The molecule has 0 saturated carbocycles. The average Bonchev–Trinajstić information content (AvgIpc) is 2.55. The smallest absolute Gasteiger partial charge is 0.282 e. The Kier molecular flexibility index (Phi) is 5.73. The molecule has 0 heterocycles. The predicted molar refractivity (Wildman–Crippen MR) is 90.9 cm³/mol. The molecular formula is C19H25N2O+. The van der Waals surface area contributed by atoms with Crippen LogP contribution in [0.2, 0.25) is 0 Å². The molecular weight excluding hydrogens is 272 g/mol. The highest BCUT2D eigenvalue weighted by Gasteiger charge is 2.21. The Morgan fingerprint density at radius 1 is 1.05 bits per heavy atom. The summed E-state index contributed by atoms with van der Waals surface area (Å²) in [7, 11) is 2.05. The number of likely N-dealkylation sites (N-methyl/N-ethyl adjacent to an activating group) is 1. The third-order valence-electron chi connectivity index (χ3n) is 4.09. The highest BCUT2D eigenvalue weighted by atomic mass is 16.2. The molecule has 2 N–H and O–H groups in total. The van der Waals surface area contributed by atoms with Crippen molar-refractivity contribution in [1.82, 2.24) is 0 Å². The summed E-state index contributed by atoms with van der Waals surface area (Å²) >= 11 is 0. The first kappa shape index (κ1) is 16.2. The average molecular weight is 297 g/mol. The van der Waals surface area contributed by atoms with Crippen LogP contribution in [0.3, 0.4) is 0 Å². The minimum atomic E-state index is -0.106. The number of carbonyl (C=O) groups excluding carboxylic acids is 1. The molecule has 2 rings (SSSR count). The van der Waals surface area contributed by atoms with Crippen LogP contribution in [0.15, 0.2) is 54.6 Å². The minimum Gasteiger partial charge on any atom is -0.324 e. The first-order valence-electron chi connectivity index (χ1n) is 7.86. The summed E-state index contributed by atoms with van der Waals surface area (Å²) in [6.07, 6.45) is 1.01. The van der Waals surface area contributed by atoms with Gasteiger partial charge in [-0.3, -0.25) is 4.79 Å². The van der Waals surface area contributed by atoms with Crippen molar-refractivity contribution in [2.24, 2.45) is 0 Å². The molecule has 1 unspecified atom stereocenters. The van der Waals surface area contributed by atoms with Gasteiger partial charge in [0.2, 0.25) is 0 Å². The number of anilines is 1. The molecule has 0 spiro atoms. The SMILES string of the molecule is CCc1ccc(NC(=O)[C@H](C)[NH+](C)Cc2ccccc2)cc1. The second-order valence-electron chi connectivity index (χ2n) is 5.77. The van der Waals surface area contributed by atoms with Crippen molar-refractivity contribution in [2.75, 3.05) is 12.4 Å². The van der Waals surface area contributed by atoms with Gasteiger partial charge in [-0.2, -0.15) is 0 Å². The molecule has 22 heavy (non-hydrogen) atoms. The van der Waals surface area contributed by atoms with Crippen molar-refractivity contribution in [3.8, 4) is 0 Å². The minimum absolute atomic E-state index is 0.0534. The summed E-state index contributed by atoms with van der Waals surface area (Å²) in [6, 6.07) is 18.2. The summed E-state index contributed by atoms with van der Waals surface area (Å²) in [5.74, 6) is 0.0534. The molecule has 1 amide bonds. The van der Waals surface area contributed by atoms with Gasteiger partial charge < -0.3 is 10.2 Å². The van der Waals surface area contributed by atoms with Crippen molar-refractivity contribution < 1.29 is 9.69 Å². The number of rotatable bonds is 6. The van der Waals surface area contributed by atoms with Crippen LogP contribution >= 0.6 is 0 Å². The van der Waals surface area contributed by atoms with Gasteiger partial charge in [-0.05, 0) is 31.0 Å². The van der Waals surface area contributed by atoms with Crippen LogP contribution in [0, 0.1) is 0 Å². The van der Waals surface area contributed by atoms with Gasteiger partial charge >= 0.3 is 0 Å². The van der Waals surface area contributed by atoms with Crippen LogP contribution in [0.1, 0.15) is 25.0 Å². The van der Waals surface area contributed by atoms with E-state index >= 15 is 0 Å². The van der Waals surface area contributed by atoms with Crippen LogP contribution < -0.4 is 10.2 Å². The van der Waals surface area contributed by atoms with Gasteiger partial charge in [0, 0.05) is 11.3 Å². The van der Waals surface area contributed by atoms with Gasteiger partial charge in [-0.25, -0.2) is 0 Å². The maximum Gasteiger partial charge on any atom is 0.282 e. The lowest BCUT2D eigenvalue weighted by molar-refractivity contribution is -0.907. The van der Waals surface area contributed by atoms with Gasteiger partial charge in [0.1, 0.15) is 6.54 Å². The van der Waals surface area contributed by atoms with E-state index in [1.165, 1.54) is 16.0 Å². The van der Waals surface area contributed by atoms with E-state index in [1.807, 2.05) is 37.3 Å². The zero-order chi connectivity index (χ0) is 15.9. The molecule has 0 aliphatic heterocycles. The number of carbonyl (C=O) groups is 1. The van der Waals surface area contributed by atoms with E-state index in [0.29, 0.717) is 0 Å². The van der Waals surface area contributed by atoms with Crippen LogP contribution in [-0.2, 0) is 17.8 Å². The number of quaternary nitrogens is 1. The summed E-state index contributed by atoms with van der Waals surface area (Å²) in [6.45, 7) is 4.93. The van der Waals surface area contributed by atoms with Crippen molar-refractivity contribution in [3.63, 3.8) is 0 Å². The van der Waals surface area contributed by atoms with Gasteiger partial charge in [0.05, 0.1) is 7.05 Å². The predicted octanol–water partition coefficient (Wildman–Crippen LogP) is 2.29. The molecule has 0 aromatic heterocycles. The van der Waals surface area contributed by atoms with E-state index in [4.69, 9.17) is 0 Å². The molecule has 116 valence electrons. The van der Waals surface area contributed by atoms with Gasteiger partial charge in [-0.15, -0.1) is 0 Å². The normalized spacial score (nSPS) is 13.4. The molecule has 0 radical (unpaired) electrons.